The Labute approximate surface area is 215 Å². The van der Waals surface area contributed by atoms with Crippen LogP contribution in [0.2, 0.25) is 0 Å². The molecule has 2 aromatic carbocycles. The maximum atomic E-state index is 12.9. The van der Waals surface area contributed by atoms with Crippen LogP contribution in [0.4, 0.5) is 5.69 Å². The Hall–Kier alpha value is -4.07. The van der Waals surface area contributed by atoms with E-state index in [0.29, 0.717) is 34.4 Å². The van der Waals surface area contributed by atoms with Gasteiger partial charge in [-0.1, -0.05) is 25.1 Å². The second-order valence-corrected chi connectivity index (χ2v) is 9.67. The summed E-state index contributed by atoms with van der Waals surface area (Å²) in [6.07, 6.45) is 1.96. The third kappa shape index (κ3) is 5.38. The molecule has 8 nitrogen and oxygen atoms in total. The highest BCUT2D eigenvalue weighted by molar-refractivity contribution is 6.02. The number of benzene rings is 2. The number of ketones is 1. The van der Waals surface area contributed by atoms with Crippen LogP contribution in [0.1, 0.15) is 52.0 Å². The fraction of sp³-hybridized carbons (Fsp3) is 0.345. The number of carbonyl (C=O) groups is 3. The summed E-state index contributed by atoms with van der Waals surface area (Å²) in [5, 5.41) is 0. The molecule has 0 spiro atoms. The minimum absolute atomic E-state index is 0.116. The Kier molecular flexibility index (Phi) is 6.99. The van der Waals surface area contributed by atoms with Crippen molar-refractivity contribution in [2.24, 2.45) is 5.92 Å². The summed E-state index contributed by atoms with van der Waals surface area (Å²) in [5.74, 6) is 1.91. The number of anilines is 1. The molecule has 3 aromatic rings. The number of hydrogen-bond donors (Lipinski definition) is 0. The molecule has 0 bridgehead atoms. The molecule has 0 unspecified atom stereocenters. The fourth-order valence-electron chi connectivity index (χ4n) is 4.60. The van der Waals surface area contributed by atoms with E-state index >= 15 is 0 Å². The van der Waals surface area contributed by atoms with E-state index in [4.69, 9.17) is 13.9 Å². The number of amides is 2. The lowest BCUT2D eigenvalue weighted by Crippen LogP contribution is -2.38. The molecule has 1 fully saturated rings. The minimum Gasteiger partial charge on any atom is -0.485 e. The van der Waals surface area contributed by atoms with Crippen molar-refractivity contribution in [2.45, 2.75) is 33.2 Å². The lowest BCUT2D eigenvalue weighted by Gasteiger charge is -2.30. The van der Waals surface area contributed by atoms with Gasteiger partial charge >= 0.3 is 0 Å². The first kappa shape index (κ1) is 24.6. The van der Waals surface area contributed by atoms with Crippen LogP contribution in [-0.2, 0) is 11.3 Å². The molecule has 2 aliphatic rings. The number of rotatable bonds is 7. The van der Waals surface area contributed by atoms with E-state index < -0.39 is 0 Å². The molecule has 0 aliphatic carbocycles. The minimum atomic E-state index is -0.262. The number of likely N-dealkylation sites (tertiary alicyclic amines) is 1. The number of carbonyl (C=O) groups excluding carboxylic acids is 3. The molecule has 1 aromatic heterocycles. The molecule has 37 heavy (non-hydrogen) atoms. The van der Waals surface area contributed by atoms with Crippen LogP contribution in [0, 0.1) is 12.8 Å². The standard InChI is InChI=1S/C29H30N2O6/c1-19-11-13-30(14-12-19)29(34)27-10-8-22(37-27)16-31-23-15-21(7-9-26(23)36-18-28(31)33)24(32)17-35-25-6-4-3-5-20(25)2/h3-10,15,19H,11-14,16-18H2,1-2H3. The number of aryl methyl sites for hydroxylation is 1. The lowest BCUT2D eigenvalue weighted by molar-refractivity contribution is -0.121. The Balaban J connectivity index is 1.30. The van der Waals surface area contributed by atoms with E-state index in [9.17, 15) is 14.4 Å². The number of hydrogen-bond acceptors (Lipinski definition) is 6. The molecule has 2 aliphatic heterocycles. The summed E-state index contributed by atoms with van der Waals surface area (Å²) in [6, 6.07) is 15.9. The maximum absolute atomic E-state index is 12.9. The molecule has 0 saturated carbocycles. The molecule has 0 atom stereocenters. The van der Waals surface area contributed by atoms with Gasteiger partial charge in [0.2, 0.25) is 0 Å². The Morgan fingerprint density at radius 3 is 2.62 bits per heavy atom. The van der Waals surface area contributed by atoms with Gasteiger partial charge in [0.05, 0.1) is 12.2 Å². The van der Waals surface area contributed by atoms with Gasteiger partial charge in [-0.3, -0.25) is 19.3 Å². The van der Waals surface area contributed by atoms with Crippen LogP contribution >= 0.6 is 0 Å². The van der Waals surface area contributed by atoms with Gasteiger partial charge in [-0.05, 0) is 67.6 Å². The normalized spacial score (nSPS) is 15.8. The Morgan fingerprint density at radius 2 is 1.84 bits per heavy atom. The van der Waals surface area contributed by atoms with E-state index in [1.54, 1.807) is 30.3 Å². The molecule has 8 heteroatoms. The molecule has 0 radical (unpaired) electrons. The number of nitrogens with zero attached hydrogens (tertiary/aromatic N) is 2. The van der Waals surface area contributed by atoms with Gasteiger partial charge in [-0.15, -0.1) is 0 Å². The predicted octanol–water partition coefficient (Wildman–Crippen LogP) is 4.65. The lowest BCUT2D eigenvalue weighted by atomic mass is 9.99. The topological polar surface area (TPSA) is 89.3 Å². The van der Waals surface area contributed by atoms with Gasteiger partial charge in [0.15, 0.2) is 24.8 Å². The summed E-state index contributed by atoms with van der Waals surface area (Å²) in [7, 11) is 0. The van der Waals surface area contributed by atoms with Gasteiger partial charge < -0.3 is 18.8 Å². The first-order chi connectivity index (χ1) is 17.9. The van der Waals surface area contributed by atoms with Crippen molar-refractivity contribution in [3.05, 3.63) is 77.2 Å². The first-order valence-electron chi connectivity index (χ1n) is 12.6. The van der Waals surface area contributed by atoms with Crippen molar-refractivity contribution in [2.75, 3.05) is 31.2 Å². The zero-order chi connectivity index (χ0) is 25.9. The molecular formula is C29H30N2O6. The van der Waals surface area contributed by atoms with Crippen LogP contribution in [0.25, 0.3) is 0 Å². The van der Waals surface area contributed by atoms with Gasteiger partial charge in [0.25, 0.3) is 11.8 Å². The number of fused-ring (bicyclic) bond motifs is 1. The van der Waals surface area contributed by atoms with Crippen LogP contribution < -0.4 is 14.4 Å². The zero-order valence-electron chi connectivity index (χ0n) is 21.1. The zero-order valence-corrected chi connectivity index (χ0v) is 21.1. The van der Waals surface area contributed by atoms with E-state index in [2.05, 4.69) is 6.92 Å². The first-order valence-corrected chi connectivity index (χ1v) is 12.6. The maximum Gasteiger partial charge on any atom is 0.289 e. The second kappa shape index (κ2) is 10.5. The van der Waals surface area contributed by atoms with Crippen molar-refractivity contribution in [3.63, 3.8) is 0 Å². The van der Waals surface area contributed by atoms with Crippen LogP contribution in [0.15, 0.2) is 59.0 Å². The van der Waals surface area contributed by atoms with E-state index in [0.717, 1.165) is 31.5 Å². The molecule has 3 heterocycles. The van der Waals surface area contributed by atoms with Gasteiger partial charge in [-0.2, -0.15) is 0 Å². The largest absolute Gasteiger partial charge is 0.485 e. The molecule has 192 valence electrons. The third-order valence-electron chi connectivity index (χ3n) is 6.93. The van der Waals surface area contributed by atoms with Gasteiger partial charge in [-0.25, -0.2) is 0 Å². The van der Waals surface area contributed by atoms with Crippen molar-refractivity contribution in [3.8, 4) is 11.5 Å². The summed E-state index contributed by atoms with van der Waals surface area (Å²) in [6.45, 7) is 5.43. The van der Waals surface area contributed by atoms with Crippen molar-refractivity contribution < 1.29 is 28.3 Å². The third-order valence-corrected chi connectivity index (χ3v) is 6.93. The number of piperidine rings is 1. The van der Waals surface area contributed by atoms with E-state index in [1.807, 2.05) is 36.1 Å². The van der Waals surface area contributed by atoms with Crippen molar-refractivity contribution >= 4 is 23.3 Å². The van der Waals surface area contributed by atoms with Crippen molar-refractivity contribution in [1.82, 2.24) is 4.90 Å². The average Bonchev–Trinajstić information content (AvgIpc) is 3.38. The number of ether oxygens (including phenoxy) is 2. The van der Waals surface area contributed by atoms with Crippen LogP contribution in [0.5, 0.6) is 11.5 Å². The average molecular weight is 503 g/mol. The summed E-state index contributed by atoms with van der Waals surface area (Å²) >= 11 is 0. The highest BCUT2D eigenvalue weighted by atomic mass is 16.5. The molecule has 1 saturated heterocycles. The number of furan rings is 1. The second-order valence-electron chi connectivity index (χ2n) is 9.67. The monoisotopic (exact) mass is 502 g/mol. The van der Waals surface area contributed by atoms with Gasteiger partial charge in [0, 0.05) is 18.7 Å². The summed E-state index contributed by atoms with van der Waals surface area (Å²) in [5.41, 5.74) is 1.83. The summed E-state index contributed by atoms with van der Waals surface area (Å²) < 4.78 is 17.2. The van der Waals surface area contributed by atoms with Gasteiger partial charge in [0.1, 0.15) is 17.3 Å². The summed E-state index contributed by atoms with van der Waals surface area (Å²) in [4.78, 5) is 41.9. The fourth-order valence-corrected chi connectivity index (χ4v) is 4.60. The Bertz CT molecular complexity index is 1320. The van der Waals surface area contributed by atoms with E-state index in [1.165, 1.54) is 4.90 Å². The predicted molar refractivity (Wildman–Crippen MR) is 137 cm³/mol. The molecule has 2 amide bonds. The van der Waals surface area contributed by atoms with Crippen LogP contribution in [-0.4, -0.2) is 48.8 Å². The SMILES string of the molecule is Cc1ccccc1OCC(=O)c1ccc2c(c1)N(Cc1ccc(C(=O)N3CCC(C)CC3)o1)C(=O)CO2. The van der Waals surface area contributed by atoms with E-state index in [-0.39, 0.29) is 43.1 Å². The molecular weight excluding hydrogens is 472 g/mol. The van der Waals surface area contributed by atoms with Crippen molar-refractivity contribution in [1.29, 1.82) is 0 Å². The molecule has 0 N–H and O–H groups in total. The highest BCUT2D eigenvalue weighted by Gasteiger charge is 2.29. The Morgan fingerprint density at radius 1 is 1.05 bits per heavy atom. The van der Waals surface area contributed by atoms with Crippen LogP contribution in [0.3, 0.4) is 0 Å². The molecule has 5 rings (SSSR count). The smallest absolute Gasteiger partial charge is 0.289 e. The highest BCUT2D eigenvalue weighted by Crippen LogP contribution is 2.34. The number of Topliss-reactive ketones (excluding diaryl/α,β-unsaturated/α-hetero) is 1. The quantitative estimate of drug-likeness (QED) is 0.437. The number of para-hydroxylation sites is 1.